The molecule has 4 heteroatoms. The van der Waals surface area contributed by atoms with Gasteiger partial charge >= 0.3 is 0 Å². The van der Waals surface area contributed by atoms with E-state index in [9.17, 15) is 0 Å². The maximum atomic E-state index is 4.20. The molecule has 0 aromatic carbocycles. The molecule has 1 aromatic rings. The molecule has 1 aliphatic rings. The van der Waals surface area contributed by atoms with Crippen molar-refractivity contribution in [3.63, 3.8) is 0 Å². The number of nitrogens with one attached hydrogen (secondary N) is 1. The Balaban J connectivity index is 1.82. The first-order valence-corrected chi connectivity index (χ1v) is 5.74. The van der Waals surface area contributed by atoms with Crippen LogP contribution in [0.15, 0.2) is 0 Å². The van der Waals surface area contributed by atoms with Crippen molar-refractivity contribution in [2.24, 2.45) is 0 Å². The minimum absolute atomic E-state index is 0.755. The van der Waals surface area contributed by atoms with Gasteiger partial charge in [-0.05, 0) is 19.4 Å². The van der Waals surface area contributed by atoms with Gasteiger partial charge < -0.3 is 5.32 Å². The topological polar surface area (TPSA) is 37.8 Å². The third-order valence-electron chi connectivity index (χ3n) is 2.17. The second kappa shape index (κ2) is 4.15. The first-order valence-electron chi connectivity index (χ1n) is 4.93. The number of nitrogens with zero attached hydrogens (tertiary/aromatic N) is 2. The van der Waals surface area contributed by atoms with Crippen molar-refractivity contribution in [2.45, 2.75) is 32.1 Å². The third-order valence-corrected chi connectivity index (χ3v) is 3.32. The van der Waals surface area contributed by atoms with Crippen LogP contribution >= 0.6 is 11.3 Å². The smallest absolute Gasteiger partial charge is 0.120 e. The molecule has 1 heterocycles. The third kappa shape index (κ3) is 2.48. The summed E-state index contributed by atoms with van der Waals surface area (Å²) in [5, 5.41) is 14.1. The number of rotatable bonds is 5. The van der Waals surface area contributed by atoms with E-state index in [4.69, 9.17) is 0 Å². The minimum Gasteiger partial charge on any atom is -0.317 e. The number of hydrogen-bond acceptors (Lipinski definition) is 4. The fourth-order valence-electron chi connectivity index (χ4n) is 1.23. The van der Waals surface area contributed by atoms with Gasteiger partial charge in [-0.15, -0.1) is 21.5 Å². The molecule has 0 saturated heterocycles. The summed E-state index contributed by atoms with van der Waals surface area (Å²) in [6.07, 6.45) is 3.67. The summed E-state index contributed by atoms with van der Waals surface area (Å²) in [6.45, 7) is 4.18. The van der Waals surface area contributed by atoms with Crippen LogP contribution in [0.1, 0.15) is 35.7 Å². The molecular weight excluding hydrogens is 182 g/mol. The molecule has 3 nitrogen and oxygen atoms in total. The van der Waals surface area contributed by atoms with E-state index in [1.807, 2.05) is 0 Å². The lowest BCUT2D eigenvalue weighted by Crippen LogP contribution is -2.15. The Morgan fingerprint density at radius 3 is 3.00 bits per heavy atom. The zero-order valence-electron chi connectivity index (χ0n) is 7.92. The molecule has 0 aliphatic heterocycles. The first-order chi connectivity index (χ1) is 6.40. The fraction of sp³-hybridized carbons (Fsp3) is 0.778. The molecule has 0 radical (unpaired) electrons. The predicted molar refractivity (Wildman–Crippen MR) is 54.1 cm³/mol. The molecule has 2 rings (SSSR count). The average Bonchev–Trinajstić information content (AvgIpc) is 2.88. The van der Waals surface area contributed by atoms with E-state index < -0.39 is 0 Å². The molecule has 0 spiro atoms. The lowest BCUT2D eigenvalue weighted by molar-refractivity contribution is 0.710. The van der Waals surface area contributed by atoms with Gasteiger partial charge in [0.05, 0.1) is 0 Å². The second-order valence-electron chi connectivity index (χ2n) is 3.41. The van der Waals surface area contributed by atoms with Gasteiger partial charge in [-0.3, -0.25) is 0 Å². The maximum absolute atomic E-state index is 4.20. The van der Waals surface area contributed by atoms with Gasteiger partial charge in [0, 0.05) is 18.9 Å². The normalized spacial score (nSPS) is 16.4. The van der Waals surface area contributed by atoms with Crippen LogP contribution < -0.4 is 5.32 Å². The summed E-state index contributed by atoms with van der Waals surface area (Å²) < 4.78 is 0. The van der Waals surface area contributed by atoms with Crippen molar-refractivity contribution in [1.82, 2.24) is 15.5 Å². The summed E-state index contributed by atoms with van der Waals surface area (Å²) in [7, 11) is 0. The Morgan fingerprint density at radius 1 is 1.46 bits per heavy atom. The SMILES string of the molecule is CCNCCc1nnc(C2CC2)s1. The summed E-state index contributed by atoms with van der Waals surface area (Å²) in [6, 6.07) is 0. The van der Waals surface area contributed by atoms with Crippen LogP contribution in [0.3, 0.4) is 0 Å². The average molecular weight is 197 g/mol. The lowest BCUT2D eigenvalue weighted by atomic mass is 10.4. The number of likely N-dealkylation sites (N-methyl/N-ethyl adjacent to an activating group) is 1. The molecule has 1 fully saturated rings. The van der Waals surface area contributed by atoms with Crippen molar-refractivity contribution in [1.29, 1.82) is 0 Å². The Kier molecular flexibility index (Phi) is 2.90. The van der Waals surface area contributed by atoms with E-state index in [0.717, 1.165) is 25.4 Å². The van der Waals surface area contributed by atoms with Crippen LogP contribution in [0.5, 0.6) is 0 Å². The van der Waals surface area contributed by atoms with Crippen LogP contribution in [0.25, 0.3) is 0 Å². The molecule has 0 amide bonds. The van der Waals surface area contributed by atoms with E-state index in [2.05, 4.69) is 22.4 Å². The highest BCUT2D eigenvalue weighted by Gasteiger charge is 2.27. The van der Waals surface area contributed by atoms with Gasteiger partial charge in [-0.25, -0.2) is 0 Å². The molecule has 1 saturated carbocycles. The molecule has 0 bridgehead atoms. The van der Waals surface area contributed by atoms with Crippen LogP contribution in [0.4, 0.5) is 0 Å². The molecule has 1 aromatic heterocycles. The van der Waals surface area contributed by atoms with E-state index in [0.29, 0.717) is 0 Å². The van der Waals surface area contributed by atoms with Crippen molar-refractivity contribution in [3.05, 3.63) is 10.0 Å². The quantitative estimate of drug-likeness (QED) is 0.728. The van der Waals surface area contributed by atoms with Gasteiger partial charge in [-0.1, -0.05) is 6.92 Å². The molecule has 72 valence electrons. The number of hydrogen-bond donors (Lipinski definition) is 1. The Bertz CT molecular complexity index is 268. The molecule has 1 aliphatic carbocycles. The summed E-state index contributed by atoms with van der Waals surface area (Å²) in [5.74, 6) is 0.755. The van der Waals surface area contributed by atoms with Crippen molar-refractivity contribution < 1.29 is 0 Å². The minimum atomic E-state index is 0.755. The monoisotopic (exact) mass is 197 g/mol. The van der Waals surface area contributed by atoms with E-state index in [1.54, 1.807) is 11.3 Å². The molecule has 13 heavy (non-hydrogen) atoms. The summed E-state index contributed by atoms with van der Waals surface area (Å²) in [5.41, 5.74) is 0. The molecule has 0 atom stereocenters. The predicted octanol–water partition coefficient (Wildman–Crippen LogP) is 1.57. The first kappa shape index (κ1) is 9.09. The van der Waals surface area contributed by atoms with Crippen LogP contribution in [-0.4, -0.2) is 23.3 Å². The van der Waals surface area contributed by atoms with Gasteiger partial charge in [0.1, 0.15) is 10.0 Å². The van der Waals surface area contributed by atoms with Gasteiger partial charge in [0.2, 0.25) is 0 Å². The Hall–Kier alpha value is -0.480. The van der Waals surface area contributed by atoms with E-state index in [1.165, 1.54) is 22.9 Å². The highest BCUT2D eigenvalue weighted by atomic mass is 32.1. The zero-order chi connectivity index (χ0) is 9.10. The van der Waals surface area contributed by atoms with Crippen LogP contribution in [0, 0.1) is 0 Å². The van der Waals surface area contributed by atoms with Crippen molar-refractivity contribution >= 4 is 11.3 Å². The van der Waals surface area contributed by atoms with E-state index in [-0.39, 0.29) is 0 Å². The number of aromatic nitrogens is 2. The fourth-order valence-corrected chi connectivity index (χ4v) is 2.25. The van der Waals surface area contributed by atoms with Crippen LogP contribution in [0.2, 0.25) is 0 Å². The van der Waals surface area contributed by atoms with Gasteiger partial charge in [-0.2, -0.15) is 0 Å². The van der Waals surface area contributed by atoms with Crippen molar-refractivity contribution in [3.8, 4) is 0 Å². The van der Waals surface area contributed by atoms with Crippen molar-refractivity contribution in [2.75, 3.05) is 13.1 Å². The Labute approximate surface area is 82.6 Å². The molecular formula is C9H15N3S. The van der Waals surface area contributed by atoms with Gasteiger partial charge in [0.25, 0.3) is 0 Å². The largest absolute Gasteiger partial charge is 0.317 e. The second-order valence-corrected chi connectivity index (χ2v) is 4.51. The van der Waals surface area contributed by atoms with Gasteiger partial charge in [0.15, 0.2) is 0 Å². The van der Waals surface area contributed by atoms with Crippen LogP contribution in [-0.2, 0) is 6.42 Å². The summed E-state index contributed by atoms with van der Waals surface area (Å²) in [4.78, 5) is 0. The zero-order valence-corrected chi connectivity index (χ0v) is 8.73. The highest BCUT2D eigenvalue weighted by molar-refractivity contribution is 7.11. The standard InChI is InChI=1S/C9H15N3S/c1-2-10-6-5-8-11-12-9(13-8)7-3-4-7/h7,10H,2-6H2,1H3. The molecule has 0 unspecified atom stereocenters. The molecule has 1 N–H and O–H groups in total. The maximum Gasteiger partial charge on any atom is 0.120 e. The summed E-state index contributed by atoms with van der Waals surface area (Å²) >= 11 is 1.79. The lowest BCUT2D eigenvalue weighted by Gasteiger charge is -1.95. The van der Waals surface area contributed by atoms with E-state index >= 15 is 0 Å². The highest BCUT2D eigenvalue weighted by Crippen LogP contribution is 2.41. The Morgan fingerprint density at radius 2 is 2.31 bits per heavy atom.